The maximum Gasteiger partial charge on any atom is 0.165 e. The summed E-state index contributed by atoms with van der Waals surface area (Å²) in [6, 6.07) is 15.0. The van der Waals surface area contributed by atoms with Crippen LogP contribution in [0.3, 0.4) is 0 Å². The highest BCUT2D eigenvalue weighted by molar-refractivity contribution is 5.91. The van der Waals surface area contributed by atoms with Crippen molar-refractivity contribution in [3.8, 4) is 17.1 Å². The van der Waals surface area contributed by atoms with Gasteiger partial charge in [0.2, 0.25) is 0 Å². The van der Waals surface area contributed by atoms with Gasteiger partial charge in [0, 0.05) is 10.9 Å². The number of phenols is 1. The van der Waals surface area contributed by atoms with Crippen molar-refractivity contribution in [2.24, 2.45) is 0 Å². The monoisotopic (exact) mass is 293 g/mol. The third kappa shape index (κ3) is 2.86. The number of hydrogen-bond acceptors (Lipinski definition) is 4. The standard InChI is InChI=1S/C18H19N3O/c1-18(2,3)21-17-12-8-4-6-10-14(12)19-16(20-17)13-9-5-7-11-15(13)22/h4-11,22H,1-3H3,(H,19,20,21). The van der Waals surface area contributed by atoms with Gasteiger partial charge in [-0.25, -0.2) is 9.97 Å². The number of nitrogens with zero attached hydrogens (tertiary/aromatic N) is 2. The maximum atomic E-state index is 10.1. The van der Waals surface area contributed by atoms with Crippen LogP contribution in [0.4, 0.5) is 5.82 Å². The fourth-order valence-corrected chi connectivity index (χ4v) is 2.31. The lowest BCUT2D eigenvalue weighted by atomic mass is 10.1. The molecule has 0 spiro atoms. The first-order chi connectivity index (χ1) is 10.4. The molecule has 0 radical (unpaired) electrons. The lowest BCUT2D eigenvalue weighted by Gasteiger charge is -2.22. The fraction of sp³-hybridized carbons (Fsp3) is 0.222. The van der Waals surface area contributed by atoms with Gasteiger partial charge in [0.1, 0.15) is 11.6 Å². The van der Waals surface area contributed by atoms with Crippen molar-refractivity contribution in [1.29, 1.82) is 0 Å². The number of fused-ring (bicyclic) bond motifs is 1. The number of phenolic OH excluding ortho intramolecular Hbond substituents is 1. The summed E-state index contributed by atoms with van der Waals surface area (Å²) in [5.41, 5.74) is 1.36. The summed E-state index contributed by atoms with van der Waals surface area (Å²) < 4.78 is 0. The molecule has 22 heavy (non-hydrogen) atoms. The molecule has 0 saturated heterocycles. The first kappa shape index (κ1) is 14.3. The number of benzene rings is 2. The second-order valence-corrected chi connectivity index (χ2v) is 6.31. The molecule has 0 unspecified atom stereocenters. The van der Waals surface area contributed by atoms with Gasteiger partial charge in [-0.3, -0.25) is 0 Å². The van der Waals surface area contributed by atoms with Gasteiger partial charge < -0.3 is 10.4 Å². The number of aromatic hydroxyl groups is 1. The third-order valence-electron chi connectivity index (χ3n) is 3.24. The number of nitrogens with one attached hydrogen (secondary N) is 1. The zero-order valence-corrected chi connectivity index (χ0v) is 13.0. The highest BCUT2D eigenvalue weighted by Gasteiger charge is 2.16. The van der Waals surface area contributed by atoms with E-state index in [1.807, 2.05) is 36.4 Å². The molecule has 2 aromatic carbocycles. The summed E-state index contributed by atoms with van der Waals surface area (Å²) in [6.07, 6.45) is 0. The fourth-order valence-electron chi connectivity index (χ4n) is 2.31. The topological polar surface area (TPSA) is 58.0 Å². The van der Waals surface area contributed by atoms with Crippen molar-refractivity contribution < 1.29 is 5.11 Å². The summed E-state index contributed by atoms with van der Waals surface area (Å²) in [7, 11) is 0. The van der Waals surface area contributed by atoms with E-state index in [1.54, 1.807) is 12.1 Å². The Hall–Kier alpha value is -2.62. The first-order valence-corrected chi connectivity index (χ1v) is 7.27. The van der Waals surface area contributed by atoms with E-state index >= 15 is 0 Å². The van der Waals surface area contributed by atoms with Crippen LogP contribution in [0.2, 0.25) is 0 Å². The van der Waals surface area contributed by atoms with Gasteiger partial charge in [0.25, 0.3) is 0 Å². The van der Waals surface area contributed by atoms with Crippen molar-refractivity contribution in [1.82, 2.24) is 9.97 Å². The first-order valence-electron chi connectivity index (χ1n) is 7.27. The molecule has 0 aliphatic rings. The lowest BCUT2D eigenvalue weighted by molar-refractivity contribution is 0.477. The SMILES string of the molecule is CC(C)(C)Nc1nc(-c2ccccc2O)nc2ccccc12. The second kappa shape index (κ2) is 5.30. The molecule has 1 heterocycles. The van der Waals surface area contributed by atoms with Crippen molar-refractivity contribution in [2.45, 2.75) is 26.3 Å². The van der Waals surface area contributed by atoms with E-state index in [2.05, 4.69) is 36.1 Å². The molecule has 0 aliphatic heterocycles. The van der Waals surface area contributed by atoms with E-state index in [0.717, 1.165) is 16.7 Å². The minimum absolute atomic E-state index is 0.118. The highest BCUT2D eigenvalue weighted by atomic mass is 16.3. The number of hydrogen-bond donors (Lipinski definition) is 2. The molecular formula is C18H19N3O. The van der Waals surface area contributed by atoms with Gasteiger partial charge in [-0.2, -0.15) is 0 Å². The predicted octanol–water partition coefficient (Wildman–Crippen LogP) is 4.21. The molecular weight excluding hydrogens is 274 g/mol. The molecule has 1 aromatic heterocycles. The van der Waals surface area contributed by atoms with Gasteiger partial charge in [-0.05, 0) is 45.0 Å². The molecule has 4 heteroatoms. The van der Waals surface area contributed by atoms with Gasteiger partial charge in [-0.1, -0.05) is 24.3 Å². The Balaban J connectivity index is 2.23. The zero-order valence-electron chi connectivity index (χ0n) is 13.0. The number of para-hydroxylation sites is 2. The summed E-state index contributed by atoms with van der Waals surface area (Å²) in [5.74, 6) is 1.47. The van der Waals surface area contributed by atoms with E-state index in [1.165, 1.54) is 0 Å². The smallest absolute Gasteiger partial charge is 0.165 e. The van der Waals surface area contributed by atoms with Gasteiger partial charge in [0.15, 0.2) is 5.82 Å². The summed E-state index contributed by atoms with van der Waals surface area (Å²) in [5, 5.41) is 14.4. The van der Waals surface area contributed by atoms with E-state index in [-0.39, 0.29) is 11.3 Å². The Bertz CT molecular complexity index is 822. The van der Waals surface area contributed by atoms with Crippen LogP contribution in [-0.4, -0.2) is 20.6 Å². The van der Waals surface area contributed by atoms with Gasteiger partial charge in [0.05, 0.1) is 11.1 Å². The minimum atomic E-state index is -0.118. The Labute approximate surface area is 129 Å². The average Bonchev–Trinajstić information content (AvgIpc) is 2.46. The molecule has 3 aromatic rings. The molecule has 0 amide bonds. The Morgan fingerprint density at radius 2 is 1.59 bits per heavy atom. The largest absolute Gasteiger partial charge is 0.507 e. The molecule has 0 saturated carbocycles. The highest BCUT2D eigenvalue weighted by Crippen LogP contribution is 2.30. The van der Waals surface area contributed by atoms with Crippen molar-refractivity contribution in [3.05, 3.63) is 48.5 Å². The van der Waals surface area contributed by atoms with E-state index in [0.29, 0.717) is 11.4 Å². The van der Waals surface area contributed by atoms with Crippen LogP contribution in [0.25, 0.3) is 22.3 Å². The van der Waals surface area contributed by atoms with Crippen molar-refractivity contribution in [3.63, 3.8) is 0 Å². The average molecular weight is 293 g/mol. The molecule has 0 aliphatic carbocycles. The maximum absolute atomic E-state index is 10.1. The van der Waals surface area contributed by atoms with Gasteiger partial charge in [-0.15, -0.1) is 0 Å². The summed E-state index contributed by atoms with van der Waals surface area (Å²) in [4.78, 5) is 9.22. The molecule has 2 N–H and O–H groups in total. The number of anilines is 1. The van der Waals surface area contributed by atoms with Crippen molar-refractivity contribution >= 4 is 16.7 Å². The van der Waals surface area contributed by atoms with Gasteiger partial charge >= 0.3 is 0 Å². The normalized spacial score (nSPS) is 11.6. The number of aromatic nitrogens is 2. The summed E-state index contributed by atoms with van der Waals surface area (Å²) in [6.45, 7) is 6.26. The van der Waals surface area contributed by atoms with E-state index < -0.39 is 0 Å². The quantitative estimate of drug-likeness (QED) is 0.743. The molecule has 112 valence electrons. The molecule has 0 bridgehead atoms. The predicted molar refractivity (Wildman–Crippen MR) is 90.0 cm³/mol. The molecule has 0 atom stereocenters. The Kier molecular flexibility index (Phi) is 3.45. The van der Waals surface area contributed by atoms with Crippen LogP contribution in [-0.2, 0) is 0 Å². The van der Waals surface area contributed by atoms with Crippen LogP contribution >= 0.6 is 0 Å². The van der Waals surface area contributed by atoms with E-state index in [9.17, 15) is 5.11 Å². The van der Waals surface area contributed by atoms with Crippen LogP contribution in [0.1, 0.15) is 20.8 Å². The zero-order chi connectivity index (χ0) is 15.7. The van der Waals surface area contributed by atoms with Crippen LogP contribution < -0.4 is 5.32 Å². The molecule has 0 fully saturated rings. The van der Waals surface area contributed by atoms with Crippen LogP contribution in [0, 0.1) is 0 Å². The molecule has 4 nitrogen and oxygen atoms in total. The molecule has 3 rings (SSSR count). The van der Waals surface area contributed by atoms with Crippen LogP contribution in [0.15, 0.2) is 48.5 Å². The van der Waals surface area contributed by atoms with Crippen molar-refractivity contribution in [2.75, 3.05) is 5.32 Å². The second-order valence-electron chi connectivity index (χ2n) is 6.31. The van der Waals surface area contributed by atoms with Crippen LogP contribution in [0.5, 0.6) is 5.75 Å². The number of rotatable bonds is 2. The Morgan fingerprint density at radius 3 is 2.32 bits per heavy atom. The van der Waals surface area contributed by atoms with E-state index in [4.69, 9.17) is 0 Å². The summed E-state index contributed by atoms with van der Waals surface area (Å²) >= 11 is 0. The lowest BCUT2D eigenvalue weighted by Crippen LogP contribution is -2.27. The Morgan fingerprint density at radius 1 is 0.909 bits per heavy atom. The minimum Gasteiger partial charge on any atom is -0.507 e. The third-order valence-corrected chi connectivity index (χ3v) is 3.24.